The van der Waals surface area contributed by atoms with E-state index in [0.717, 1.165) is 30.4 Å². The second-order valence-electron chi connectivity index (χ2n) is 8.28. The van der Waals surface area contributed by atoms with Gasteiger partial charge >= 0.3 is 24.2 Å². The molecule has 8 nitrogen and oxygen atoms in total. The maximum Gasteiger partial charge on any atom is 0.490 e. The van der Waals surface area contributed by atoms with E-state index in [2.05, 4.69) is 29.6 Å². The Bertz CT molecular complexity index is 1020. The zero-order chi connectivity index (χ0) is 27.4. The van der Waals surface area contributed by atoms with Gasteiger partial charge in [-0.1, -0.05) is 55.5 Å². The summed E-state index contributed by atoms with van der Waals surface area (Å²) >= 11 is 0. The van der Waals surface area contributed by atoms with E-state index in [-0.39, 0.29) is 26.0 Å². The number of carbonyl (C=O) groups is 3. The lowest BCUT2D eigenvalue weighted by Crippen LogP contribution is -2.42. The largest absolute Gasteiger partial charge is 0.490 e. The summed E-state index contributed by atoms with van der Waals surface area (Å²) in [7, 11) is 0. The van der Waals surface area contributed by atoms with E-state index < -0.39 is 30.2 Å². The first kappa shape index (κ1) is 32.8. The minimum Gasteiger partial charge on any atom is -0.475 e. The summed E-state index contributed by atoms with van der Waals surface area (Å²) in [5, 5.41) is 9.80. The van der Waals surface area contributed by atoms with Crippen molar-refractivity contribution in [2.75, 3.05) is 19.8 Å². The van der Waals surface area contributed by atoms with Crippen molar-refractivity contribution >= 4 is 31.5 Å². The summed E-state index contributed by atoms with van der Waals surface area (Å²) in [6, 6.07) is 15.6. The van der Waals surface area contributed by atoms with E-state index in [4.69, 9.17) is 25.1 Å². The van der Waals surface area contributed by atoms with Gasteiger partial charge in [0.1, 0.15) is 12.6 Å². The monoisotopic (exact) mass is 558 g/mol. The van der Waals surface area contributed by atoms with Crippen LogP contribution in [0.4, 0.5) is 18.0 Å². The maximum absolute atomic E-state index is 12.5. The van der Waals surface area contributed by atoms with Crippen molar-refractivity contribution in [1.82, 2.24) is 5.32 Å². The quantitative estimate of drug-likeness (QED) is 0.284. The number of nitrogens with one attached hydrogen (secondary N) is 1. The second kappa shape index (κ2) is 15.9. The number of alkyl carbamates (subject to hydrolysis) is 1. The van der Waals surface area contributed by atoms with E-state index in [1.165, 1.54) is 11.1 Å². The zero-order valence-corrected chi connectivity index (χ0v) is 21.9. The normalized spacial score (nSPS) is 12.6. The number of carboxylic acid groups (broad SMARTS) is 1. The molecule has 0 heterocycles. The molecule has 2 aromatic rings. The average molecular weight is 559 g/mol. The van der Waals surface area contributed by atoms with Crippen LogP contribution in [-0.2, 0) is 19.1 Å². The van der Waals surface area contributed by atoms with Crippen molar-refractivity contribution in [3.05, 3.63) is 59.7 Å². The highest BCUT2D eigenvalue weighted by Gasteiger charge is 2.38. The van der Waals surface area contributed by atoms with Gasteiger partial charge in [-0.15, -0.1) is 0 Å². The number of nitrogens with two attached hydrogens (primary N) is 1. The molecule has 0 saturated heterocycles. The van der Waals surface area contributed by atoms with Gasteiger partial charge in [0.25, 0.3) is 0 Å². The number of hydrogen-bond donors (Lipinski definition) is 3. The number of esters is 1. The van der Waals surface area contributed by atoms with Crippen LogP contribution >= 0.6 is 13.5 Å². The van der Waals surface area contributed by atoms with E-state index in [1.54, 1.807) is 0 Å². The summed E-state index contributed by atoms with van der Waals surface area (Å²) in [5.74, 6) is -3.21. The molecule has 0 saturated carbocycles. The van der Waals surface area contributed by atoms with Crippen molar-refractivity contribution in [2.24, 2.45) is 5.73 Å². The molecular weight excluding hydrogens is 525 g/mol. The van der Waals surface area contributed by atoms with Gasteiger partial charge < -0.3 is 25.6 Å². The Morgan fingerprint density at radius 3 is 2.00 bits per heavy atom. The van der Waals surface area contributed by atoms with Gasteiger partial charge in [0.05, 0.1) is 6.61 Å². The smallest absolute Gasteiger partial charge is 0.475 e. The fourth-order valence-corrected chi connectivity index (χ4v) is 3.83. The highest BCUT2D eigenvalue weighted by atomic mass is 32.1. The van der Waals surface area contributed by atoms with Gasteiger partial charge in [-0.3, -0.25) is 0 Å². The third-order valence-electron chi connectivity index (χ3n) is 5.56. The predicted molar refractivity (Wildman–Crippen MR) is 140 cm³/mol. The molecule has 1 amide bonds. The molecule has 0 radical (unpaired) electrons. The Morgan fingerprint density at radius 1 is 1.00 bits per heavy atom. The number of hydrogen-bond acceptors (Lipinski definition) is 6. The summed E-state index contributed by atoms with van der Waals surface area (Å²) in [5.41, 5.74) is 10.2. The topological polar surface area (TPSA) is 128 Å². The molecule has 1 atom stereocenters. The molecular formula is C26H33F3N2O6S. The fraction of sp³-hybridized carbons (Fsp3) is 0.423. The van der Waals surface area contributed by atoms with Crippen molar-refractivity contribution in [3.63, 3.8) is 0 Å². The maximum atomic E-state index is 12.5. The summed E-state index contributed by atoms with van der Waals surface area (Å²) in [4.78, 5) is 33.7. The van der Waals surface area contributed by atoms with Crippen LogP contribution in [0.1, 0.15) is 49.7 Å². The fourth-order valence-electron chi connectivity index (χ4n) is 3.83. The first-order valence-corrected chi connectivity index (χ1v) is 11.9. The molecule has 0 spiro atoms. The Hall–Kier alpha value is -3.25. The van der Waals surface area contributed by atoms with E-state index >= 15 is 0 Å². The van der Waals surface area contributed by atoms with Crippen LogP contribution in [0.2, 0.25) is 0 Å². The molecule has 0 aromatic heterocycles. The van der Waals surface area contributed by atoms with Crippen molar-refractivity contribution in [2.45, 2.75) is 50.7 Å². The van der Waals surface area contributed by atoms with Gasteiger partial charge in [0, 0.05) is 5.92 Å². The molecule has 2 aromatic carbocycles. The van der Waals surface area contributed by atoms with Crippen molar-refractivity contribution in [1.29, 1.82) is 0 Å². The Kier molecular flexibility index (Phi) is 13.7. The first-order valence-electron chi connectivity index (χ1n) is 11.9. The van der Waals surface area contributed by atoms with Crippen LogP contribution in [0.25, 0.3) is 11.1 Å². The minimum absolute atomic E-state index is 0. The van der Waals surface area contributed by atoms with Crippen molar-refractivity contribution < 1.29 is 42.1 Å². The van der Waals surface area contributed by atoms with E-state index in [1.807, 2.05) is 31.2 Å². The van der Waals surface area contributed by atoms with Gasteiger partial charge in [0.15, 0.2) is 0 Å². The van der Waals surface area contributed by atoms with Crippen LogP contribution in [0.3, 0.4) is 0 Å². The number of aliphatic carboxylic acids is 1. The van der Waals surface area contributed by atoms with Crippen LogP contribution < -0.4 is 11.1 Å². The van der Waals surface area contributed by atoms with Gasteiger partial charge in [-0.05, 0) is 54.5 Å². The standard InChI is InChI=1S/C24H30N2O4.C2HF3O2.H2S/c1-2-15-29-23(27)22(13-7-8-14-25)26-24(28)30-16-21-19-11-5-3-9-17(19)18-10-4-6-12-20(18)21;3-2(4,5)1(6)7;/h3-6,9-12,21-22H,2,7-8,13-16,25H2,1H3,(H,26,28);(H,6,7);1H2/t22-;;/m0../s1. The number of halogens is 3. The lowest BCUT2D eigenvalue weighted by Gasteiger charge is -2.19. The summed E-state index contributed by atoms with van der Waals surface area (Å²) in [6.45, 7) is 3.01. The third-order valence-corrected chi connectivity index (χ3v) is 5.56. The van der Waals surface area contributed by atoms with Crippen LogP contribution in [-0.4, -0.2) is 55.1 Å². The highest BCUT2D eigenvalue weighted by Crippen LogP contribution is 2.44. The lowest BCUT2D eigenvalue weighted by atomic mass is 9.98. The van der Waals surface area contributed by atoms with Gasteiger partial charge in [0.2, 0.25) is 0 Å². The zero-order valence-electron chi connectivity index (χ0n) is 20.9. The predicted octanol–water partition coefficient (Wildman–Crippen LogP) is 4.72. The third kappa shape index (κ3) is 9.56. The molecule has 3 rings (SSSR count). The lowest BCUT2D eigenvalue weighted by molar-refractivity contribution is -0.192. The molecule has 12 heteroatoms. The number of rotatable bonds is 10. The number of ether oxygens (including phenoxy) is 2. The van der Waals surface area contributed by atoms with Crippen molar-refractivity contribution in [3.8, 4) is 11.1 Å². The number of fused-ring (bicyclic) bond motifs is 3. The molecule has 0 fully saturated rings. The summed E-state index contributed by atoms with van der Waals surface area (Å²) < 4.78 is 42.5. The number of carboxylic acids is 1. The molecule has 4 N–H and O–H groups in total. The van der Waals surface area contributed by atoms with Crippen LogP contribution in [0.5, 0.6) is 0 Å². The van der Waals surface area contributed by atoms with E-state index in [9.17, 15) is 22.8 Å². The Morgan fingerprint density at radius 2 is 1.53 bits per heavy atom. The van der Waals surface area contributed by atoms with Gasteiger partial charge in [-0.25, -0.2) is 14.4 Å². The Balaban J connectivity index is 0.000000797. The Labute approximate surface area is 226 Å². The molecule has 0 unspecified atom stereocenters. The number of carbonyl (C=O) groups excluding carboxylic acids is 2. The second-order valence-corrected chi connectivity index (χ2v) is 8.28. The van der Waals surface area contributed by atoms with Gasteiger partial charge in [-0.2, -0.15) is 26.7 Å². The van der Waals surface area contributed by atoms with E-state index in [0.29, 0.717) is 19.6 Å². The van der Waals surface area contributed by atoms with Crippen LogP contribution in [0, 0.1) is 0 Å². The SMILES string of the molecule is CCCOC(=O)[C@H](CCCCN)NC(=O)OCC1c2ccccc2-c2ccccc21.O=C(O)C(F)(F)F.S. The molecule has 0 aliphatic heterocycles. The number of amides is 1. The molecule has 38 heavy (non-hydrogen) atoms. The highest BCUT2D eigenvalue weighted by molar-refractivity contribution is 7.59. The number of benzene rings is 2. The molecule has 210 valence electrons. The molecule has 0 bridgehead atoms. The molecule has 1 aliphatic carbocycles. The minimum atomic E-state index is -5.08. The first-order chi connectivity index (χ1) is 17.6. The van der Waals surface area contributed by atoms with Crippen LogP contribution in [0.15, 0.2) is 48.5 Å². The average Bonchev–Trinajstić information content (AvgIpc) is 3.19. The summed E-state index contributed by atoms with van der Waals surface area (Å²) in [6.07, 6.45) is -2.98. The number of alkyl halides is 3. The molecule has 1 aliphatic rings. The number of unbranched alkanes of at least 4 members (excludes halogenated alkanes) is 1.